The fourth-order valence-corrected chi connectivity index (χ4v) is 5.51. The Hall–Kier alpha value is -1.72. The standard InChI is InChI=1S/C17H17NO2S2/c1-11-7-9-12(10-8-11)14-15(17(18)21)16(14)22(19,20)13-5-3-2-4-6-13/h2-10,14-16H,1H3,(H2,18,21)/t14-,15+,16+/m1/s1. The van der Waals surface area contributed by atoms with Crippen LogP contribution in [0.1, 0.15) is 17.0 Å². The molecule has 0 amide bonds. The molecule has 1 aliphatic carbocycles. The van der Waals surface area contributed by atoms with Gasteiger partial charge in [-0.25, -0.2) is 8.42 Å². The Morgan fingerprint density at radius 3 is 2.18 bits per heavy atom. The van der Waals surface area contributed by atoms with Crippen LogP contribution < -0.4 is 5.73 Å². The fraction of sp³-hybridized carbons (Fsp3) is 0.235. The highest BCUT2D eigenvalue weighted by Crippen LogP contribution is 2.54. The number of rotatable bonds is 4. The zero-order valence-corrected chi connectivity index (χ0v) is 13.8. The molecule has 5 heteroatoms. The number of sulfone groups is 1. The summed E-state index contributed by atoms with van der Waals surface area (Å²) in [5.74, 6) is -0.439. The van der Waals surface area contributed by atoms with Gasteiger partial charge in [-0.15, -0.1) is 0 Å². The molecule has 114 valence electrons. The van der Waals surface area contributed by atoms with Gasteiger partial charge in [0.25, 0.3) is 0 Å². The highest BCUT2D eigenvalue weighted by molar-refractivity contribution is 7.92. The molecule has 0 heterocycles. The molecule has 0 aliphatic heterocycles. The minimum absolute atomic E-state index is 0.150. The average Bonchev–Trinajstić information content (AvgIpc) is 3.25. The van der Waals surface area contributed by atoms with E-state index in [9.17, 15) is 8.42 Å². The van der Waals surface area contributed by atoms with E-state index in [-0.39, 0.29) is 16.8 Å². The molecule has 1 fully saturated rings. The van der Waals surface area contributed by atoms with Gasteiger partial charge >= 0.3 is 0 Å². The SMILES string of the molecule is Cc1ccc([C@@H]2[C@H](C(N)=S)[C@H]2S(=O)(=O)c2ccccc2)cc1. The van der Waals surface area contributed by atoms with Gasteiger partial charge in [0.15, 0.2) is 9.84 Å². The minimum Gasteiger partial charge on any atom is -0.393 e. The molecule has 2 aromatic rings. The highest BCUT2D eigenvalue weighted by atomic mass is 32.2. The Morgan fingerprint density at radius 2 is 1.64 bits per heavy atom. The van der Waals surface area contributed by atoms with Crippen molar-refractivity contribution in [2.24, 2.45) is 11.7 Å². The average molecular weight is 331 g/mol. The summed E-state index contributed by atoms with van der Waals surface area (Å²) in [6.45, 7) is 2.00. The Balaban J connectivity index is 1.99. The van der Waals surface area contributed by atoms with E-state index in [0.717, 1.165) is 11.1 Å². The number of aryl methyl sites for hydroxylation is 1. The van der Waals surface area contributed by atoms with E-state index in [4.69, 9.17) is 18.0 Å². The Kier molecular flexibility index (Phi) is 3.78. The van der Waals surface area contributed by atoms with Crippen LogP contribution in [0.2, 0.25) is 0 Å². The van der Waals surface area contributed by atoms with Crippen molar-refractivity contribution in [1.82, 2.24) is 0 Å². The second-order valence-electron chi connectivity index (χ2n) is 5.69. The smallest absolute Gasteiger partial charge is 0.182 e. The third-order valence-corrected chi connectivity index (χ3v) is 6.68. The topological polar surface area (TPSA) is 60.2 Å². The lowest BCUT2D eigenvalue weighted by molar-refractivity contribution is 0.593. The molecule has 3 nitrogen and oxygen atoms in total. The molecule has 1 aliphatic rings. The molecule has 0 bridgehead atoms. The molecule has 3 atom stereocenters. The van der Waals surface area contributed by atoms with Crippen molar-refractivity contribution in [2.75, 3.05) is 0 Å². The zero-order valence-electron chi connectivity index (χ0n) is 12.1. The number of hydrogen-bond acceptors (Lipinski definition) is 3. The first kappa shape index (κ1) is 15.2. The summed E-state index contributed by atoms with van der Waals surface area (Å²) in [6, 6.07) is 16.4. The van der Waals surface area contributed by atoms with Crippen LogP contribution in [0, 0.1) is 12.8 Å². The van der Waals surface area contributed by atoms with E-state index in [1.165, 1.54) is 0 Å². The molecule has 1 saturated carbocycles. The first-order chi connectivity index (χ1) is 10.4. The van der Waals surface area contributed by atoms with Gasteiger partial charge in [-0.05, 0) is 24.6 Å². The van der Waals surface area contributed by atoms with Gasteiger partial charge in [-0.1, -0.05) is 60.2 Å². The van der Waals surface area contributed by atoms with Crippen LogP contribution in [0.25, 0.3) is 0 Å². The minimum atomic E-state index is -3.43. The molecule has 3 rings (SSSR count). The third kappa shape index (κ3) is 2.55. The van der Waals surface area contributed by atoms with Crippen molar-refractivity contribution < 1.29 is 8.42 Å². The van der Waals surface area contributed by atoms with E-state index < -0.39 is 15.1 Å². The Bertz CT molecular complexity index is 798. The zero-order chi connectivity index (χ0) is 15.9. The maximum atomic E-state index is 12.8. The lowest BCUT2D eigenvalue weighted by Gasteiger charge is -2.04. The molecule has 0 unspecified atom stereocenters. The quantitative estimate of drug-likeness (QED) is 0.875. The molecule has 2 N–H and O–H groups in total. The van der Waals surface area contributed by atoms with E-state index in [0.29, 0.717) is 4.90 Å². The first-order valence-electron chi connectivity index (χ1n) is 7.08. The van der Waals surface area contributed by atoms with Crippen molar-refractivity contribution >= 4 is 27.0 Å². The van der Waals surface area contributed by atoms with Gasteiger partial charge in [0.1, 0.15) is 0 Å². The van der Waals surface area contributed by atoms with Gasteiger partial charge < -0.3 is 5.73 Å². The monoisotopic (exact) mass is 331 g/mol. The van der Waals surface area contributed by atoms with E-state index in [1.54, 1.807) is 30.3 Å². The largest absolute Gasteiger partial charge is 0.393 e. The molecule has 22 heavy (non-hydrogen) atoms. The summed E-state index contributed by atoms with van der Waals surface area (Å²) in [5.41, 5.74) is 7.90. The highest BCUT2D eigenvalue weighted by Gasteiger charge is 2.60. The number of nitrogens with two attached hydrogens (primary N) is 1. The van der Waals surface area contributed by atoms with Crippen molar-refractivity contribution in [3.63, 3.8) is 0 Å². The van der Waals surface area contributed by atoms with Crippen LogP contribution in [0.3, 0.4) is 0 Å². The summed E-state index contributed by atoms with van der Waals surface area (Å²) >= 11 is 5.09. The Morgan fingerprint density at radius 1 is 1.05 bits per heavy atom. The number of hydrogen-bond donors (Lipinski definition) is 1. The molecule has 0 spiro atoms. The van der Waals surface area contributed by atoms with Crippen molar-refractivity contribution in [3.8, 4) is 0 Å². The van der Waals surface area contributed by atoms with Crippen LogP contribution in [0.4, 0.5) is 0 Å². The molecule has 0 aromatic heterocycles. The van der Waals surface area contributed by atoms with Crippen molar-refractivity contribution in [1.29, 1.82) is 0 Å². The summed E-state index contributed by atoms with van der Waals surface area (Å²) in [4.78, 5) is 0.603. The molecular weight excluding hydrogens is 314 g/mol. The van der Waals surface area contributed by atoms with Crippen molar-refractivity contribution in [2.45, 2.75) is 23.0 Å². The molecule has 0 radical (unpaired) electrons. The summed E-state index contributed by atoms with van der Waals surface area (Å²) in [6.07, 6.45) is 0. The summed E-state index contributed by atoms with van der Waals surface area (Å²) in [5, 5.41) is -0.560. The van der Waals surface area contributed by atoms with Crippen LogP contribution in [-0.2, 0) is 9.84 Å². The lowest BCUT2D eigenvalue weighted by Crippen LogP contribution is -2.17. The normalized spacial score (nSPS) is 24.0. The molecule has 0 saturated heterocycles. The predicted octanol–water partition coefficient (Wildman–Crippen LogP) is 2.84. The Labute approximate surface area is 136 Å². The van der Waals surface area contributed by atoms with Crippen LogP contribution in [0.5, 0.6) is 0 Å². The second kappa shape index (κ2) is 5.48. The van der Waals surface area contributed by atoms with E-state index in [2.05, 4.69) is 0 Å². The number of thiocarbonyl (C=S) groups is 1. The van der Waals surface area contributed by atoms with Gasteiger partial charge in [0.05, 0.1) is 15.1 Å². The second-order valence-corrected chi connectivity index (χ2v) is 8.26. The van der Waals surface area contributed by atoms with Gasteiger partial charge in [-0.2, -0.15) is 0 Å². The van der Waals surface area contributed by atoms with Gasteiger partial charge in [-0.3, -0.25) is 0 Å². The van der Waals surface area contributed by atoms with Crippen LogP contribution in [-0.4, -0.2) is 18.7 Å². The molecule has 2 aromatic carbocycles. The first-order valence-corrected chi connectivity index (χ1v) is 9.03. The maximum absolute atomic E-state index is 12.8. The summed E-state index contributed by atoms with van der Waals surface area (Å²) < 4.78 is 25.7. The molecular formula is C17H17NO2S2. The summed E-state index contributed by atoms with van der Waals surface area (Å²) in [7, 11) is -3.43. The van der Waals surface area contributed by atoms with E-state index in [1.807, 2.05) is 31.2 Å². The predicted molar refractivity (Wildman–Crippen MR) is 91.6 cm³/mol. The van der Waals surface area contributed by atoms with Crippen molar-refractivity contribution in [3.05, 3.63) is 65.7 Å². The van der Waals surface area contributed by atoms with Crippen LogP contribution >= 0.6 is 12.2 Å². The van der Waals surface area contributed by atoms with E-state index >= 15 is 0 Å². The number of benzene rings is 2. The van der Waals surface area contributed by atoms with Gasteiger partial charge in [0.2, 0.25) is 0 Å². The lowest BCUT2D eigenvalue weighted by atomic mass is 10.1. The fourth-order valence-electron chi connectivity index (χ4n) is 2.96. The third-order valence-electron chi connectivity index (χ3n) is 4.17. The van der Waals surface area contributed by atoms with Crippen LogP contribution in [0.15, 0.2) is 59.5 Å². The van der Waals surface area contributed by atoms with Gasteiger partial charge in [0, 0.05) is 11.8 Å². The maximum Gasteiger partial charge on any atom is 0.182 e.